The first-order valence-electron chi connectivity index (χ1n) is 7.64. The molecule has 118 valence electrons. The largest absolute Gasteiger partial charge is 0.358 e. The van der Waals surface area contributed by atoms with Crippen LogP contribution in [0.25, 0.3) is 16.7 Å². The van der Waals surface area contributed by atoms with E-state index in [0.29, 0.717) is 0 Å². The smallest absolute Gasteiger partial charge is 0.208 e. The van der Waals surface area contributed by atoms with Crippen LogP contribution in [0.5, 0.6) is 0 Å². The average Bonchev–Trinajstić information content (AvgIpc) is 3.01. The van der Waals surface area contributed by atoms with Crippen LogP contribution in [0.4, 0.5) is 17.5 Å². The second-order valence-electron chi connectivity index (χ2n) is 5.28. The van der Waals surface area contributed by atoms with Crippen LogP contribution in [-0.2, 0) is 0 Å². The maximum absolute atomic E-state index is 4.61. The Bertz CT molecular complexity index is 963. The second-order valence-corrected chi connectivity index (χ2v) is 5.28. The number of hydrogen-bond acceptors (Lipinski definition) is 5. The molecule has 4 aromatic rings. The number of nitrogens with zero attached hydrogens (tertiary/aromatic N) is 4. The quantitative estimate of drug-likeness (QED) is 0.602. The van der Waals surface area contributed by atoms with E-state index in [1.807, 2.05) is 43.4 Å². The SMILES string of the molecule is CNc1nc2cnc(Nc3ccncc3)cc2n1-c1ccccc1. The number of benzene rings is 1. The van der Waals surface area contributed by atoms with E-state index in [1.54, 1.807) is 18.6 Å². The third-order valence-electron chi connectivity index (χ3n) is 3.73. The van der Waals surface area contributed by atoms with Gasteiger partial charge in [-0.1, -0.05) is 18.2 Å². The molecule has 0 fully saturated rings. The Morgan fingerprint density at radius 3 is 2.54 bits per heavy atom. The number of rotatable bonds is 4. The zero-order valence-corrected chi connectivity index (χ0v) is 13.1. The van der Waals surface area contributed by atoms with Gasteiger partial charge in [-0.25, -0.2) is 9.97 Å². The van der Waals surface area contributed by atoms with Gasteiger partial charge < -0.3 is 10.6 Å². The summed E-state index contributed by atoms with van der Waals surface area (Å²) in [6.45, 7) is 0. The zero-order chi connectivity index (χ0) is 16.4. The zero-order valence-electron chi connectivity index (χ0n) is 13.1. The van der Waals surface area contributed by atoms with Crippen molar-refractivity contribution in [3.63, 3.8) is 0 Å². The summed E-state index contributed by atoms with van der Waals surface area (Å²) < 4.78 is 2.08. The van der Waals surface area contributed by atoms with Crippen LogP contribution in [0.2, 0.25) is 0 Å². The molecule has 0 bridgehead atoms. The van der Waals surface area contributed by atoms with Gasteiger partial charge in [-0.05, 0) is 24.3 Å². The van der Waals surface area contributed by atoms with E-state index in [-0.39, 0.29) is 0 Å². The molecule has 6 nitrogen and oxygen atoms in total. The molecule has 3 aromatic heterocycles. The number of para-hydroxylation sites is 1. The first-order chi connectivity index (χ1) is 11.8. The molecule has 24 heavy (non-hydrogen) atoms. The Hall–Kier alpha value is -3.41. The molecule has 0 aliphatic rings. The molecule has 3 heterocycles. The predicted molar refractivity (Wildman–Crippen MR) is 95.9 cm³/mol. The van der Waals surface area contributed by atoms with Crippen molar-refractivity contribution in [3.05, 3.63) is 67.1 Å². The fraction of sp³-hybridized carbons (Fsp3) is 0.0556. The van der Waals surface area contributed by atoms with Crippen LogP contribution in [0, 0.1) is 0 Å². The van der Waals surface area contributed by atoms with E-state index < -0.39 is 0 Å². The van der Waals surface area contributed by atoms with Crippen LogP contribution in [0.1, 0.15) is 0 Å². The van der Waals surface area contributed by atoms with Crippen molar-refractivity contribution in [1.82, 2.24) is 19.5 Å². The summed E-state index contributed by atoms with van der Waals surface area (Å²) in [6, 6.07) is 15.9. The van der Waals surface area contributed by atoms with Gasteiger partial charge in [0, 0.05) is 36.9 Å². The third kappa shape index (κ3) is 2.54. The molecular weight excluding hydrogens is 300 g/mol. The molecule has 0 spiro atoms. The number of hydrogen-bond donors (Lipinski definition) is 2. The Labute approximate surface area is 139 Å². The molecule has 0 radical (unpaired) electrons. The highest BCUT2D eigenvalue weighted by molar-refractivity contribution is 5.83. The van der Waals surface area contributed by atoms with Gasteiger partial charge in [-0.2, -0.15) is 0 Å². The van der Waals surface area contributed by atoms with Crippen LogP contribution >= 0.6 is 0 Å². The van der Waals surface area contributed by atoms with E-state index in [1.165, 1.54) is 0 Å². The molecule has 4 rings (SSSR count). The van der Waals surface area contributed by atoms with E-state index in [4.69, 9.17) is 0 Å². The molecule has 0 unspecified atom stereocenters. The summed E-state index contributed by atoms with van der Waals surface area (Å²) in [5.41, 5.74) is 3.81. The Morgan fingerprint density at radius 1 is 1.00 bits per heavy atom. The van der Waals surface area contributed by atoms with Crippen LogP contribution < -0.4 is 10.6 Å². The molecule has 0 saturated carbocycles. The number of nitrogens with one attached hydrogen (secondary N) is 2. The highest BCUT2D eigenvalue weighted by atomic mass is 15.2. The number of fused-ring (bicyclic) bond motifs is 1. The maximum Gasteiger partial charge on any atom is 0.208 e. The van der Waals surface area contributed by atoms with E-state index >= 15 is 0 Å². The number of pyridine rings is 2. The first-order valence-corrected chi connectivity index (χ1v) is 7.64. The monoisotopic (exact) mass is 316 g/mol. The lowest BCUT2D eigenvalue weighted by molar-refractivity contribution is 1.09. The molecule has 0 amide bonds. The van der Waals surface area contributed by atoms with Gasteiger partial charge in [-0.15, -0.1) is 0 Å². The van der Waals surface area contributed by atoms with Crippen molar-refractivity contribution in [2.75, 3.05) is 17.7 Å². The number of imidazole rings is 1. The van der Waals surface area contributed by atoms with Gasteiger partial charge in [0.05, 0.1) is 11.7 Å². The minimum absolute atomic E-state index is 0.758. The molecule has 6 heteroatoms. The fourth-order valence-electron chi connectivity index (χ4n) is 2.64. The van der Waals surface area contributed by atoms with Crippen LogP contribution in [-0.4, -0.2) is 26.6 Å². The van der Waals surface area contributed by atoms with Gasteiger partial charge in [0.2, 0.25) is 5.95 Å². The third-order valence-corrected chi connectivity index (χ3v) is 3.73. The lowest BCUT2D eigenvalue weighted by Gasteiger charge is -2.09. The van der Waals surface area contributed by atoms with Crippen molar-refractivity contribution < 1.29 is 0 Å². The summed E-state index contributed by atoms with van der Waals surface area (Å²) in [5, 5.41) is 6.44. The van der Waals surface area contributed by atoms with Gasteiger partial charge in [0.15, 0.2) is 0 Å². The summed E-state index contributed by atoms with van der Waals surface area (Å²) in [5.74, 6) is 1.53. The summed E-state index contributed by atoms with van der Waals surface area (Å²) >= 11 is 0. The van der Waals surface area contributed by atoms with Crippen molar-refractivity contribution in [2.45, 2.75) is 0 Å². The summed E-state index contributed by atoms with van der Waals surface area (Å²) in [4.78, 5) is 13.1. The highest BCUT2D eigenvalue weighted by Gasteiger charge is 2.12. The molecule has 0 aliphatic carbocycles. The standard InChI is InChI=1S/C18H16N6/c1-19-18-23-15-12-21-17(22-13-7-9-20-10-8-13)11-16(15)24(18)14-5-3-2-4-6-14/h2-12H,1H3,(H,19,23)(H,20,21,22). The van der Waals surface area contributed by atoms with Crippen molar-refractivity contribution in [3.8, 4) is 5.69 Å². The normalized spacial score (nSPS) is 10.7. The molecular formula is C18H16N6. The molecule has 0 aliphatic heterocycles. The minimum atomic E-state index is 0.758. The Morgan fingerprint density at radius 2 is 1.79 bits per heavy atom. The minimum Gasteiger partial charge on any atom is -0.358 e. The predicted octanol–water partition coefficient (Wildman–Crippen LogP) is 3.60. The van der Waals surface area contributed by atoms with Gasteiger partial charge in [-0.3, -0.25) is 9.55 Å². The fourth-order valence-corrected chi connectivity index (χ4v) is 2.64. The number of anilines is 3. The van der Waals surface area contributed by atoms with E-state index in [0.717, 1.165) is 34.2 Å². The van der Waals surface area contributed by atoms with Gasteiger partial charge in [0.25, 0.3) is 0 Å². The maximum atomic E-state index is 4.61. The molecule has 1 aromatic carbocycles. The topological polar surface area (TPSA) is 67.7 Å². The van der Waals surface area contributed by atoms with Gasteiger partial charge in [0.1, 0.15) is 11.3 Å². The average molecular weight is 316 g/mol. The van der Waals surface area contributed by atoms with Crippen molar-refractivity contribution >= 4 is 28.5 Å². The first kappa shape index (κ1) is 14.2. The van der Waals surface area contributed by atoms with Gasteiger partial charge >= 0.3 is 0 Å². The lowest BCUT2D eigenvalue weighted by atomic mass is 10.3. The molecule has 0 atom stereocenters. The van der Waals surface area contributed by atoms with Crippen LogP contribution in [0.15, 0.2) is 67.1 Å². The van der Waals surface area contributed by atoms with Crippen molar-refractivity contribution in [1.29, 1.82) is 0 Å². The summed E-state index contributed by atoms with van der Waals surface area (Å²) in [7, 11) is 1.87. The highest BCUT2D eigenvalue weighted by Crippen LogP contribution is 2.26. The Kier molecular flexibility index (Phi) is 3.55. The second kappa shape index (κ2) is 6.00. The number of aromatic nitrogens is 4. The van der Waals surface area contributed by atoms with Crippen LogP contribution in [0.3, 0.4) is 0 Å². The lowest BCUT2D eigenvalue weighted by Crippen LogP contribution is -2.01. The van der Waals surface area contributed by atoms with Crippen molar-refractivity contribution in [2.24, 2.45) is 0 Å². The molecule has 2 N–H and O–H groups in total. The molecule has 0 saturated heterocycles. The summed E-state index contributed by atoms with van der Waals surface area (Å²) in [6.07, 6.45) is 5.27. The van der Waals surface area contributed by atoms with E-state index in [9.17, 15) is 0 Å². The Balaban J connectivity index is 1.83. The van der Waals surface area contributed by atoms with E-state index in [2.05, 4.69) is 42.3 Å².